The summed E-state index contributed by atoms with van der Waals surface area (Å²) in [6.07, 6.45) is 0. The van der Waals surface area contributed by atoms with Gasteiger partial charge in [0, 0.05) is 17.0 Å². The van der Waals surface area contributed by atoms with Gasteiger partial charge in [0.2, 0.25) is 0 Å². The summed E-state index contributed by atoms with van der Waals surface area (Å²) in [5.74, 6) is -0.792. The predicted octanol–water partition coefficient (Wildman–Crippen LogP) is 4.76. The largest absolute Gasteiger partial charge is 0.350 e. The van der Waals surface area contributed by atoms with Gasteiger partial charge < -0.3 is 5.32 Å². The SMILES string of the molecule is Cc1ccc(C(=O)NCC(c2cccs2)S(=O)(=O)c2ccc(F)c(C)c2)cc1C. The van der Waals surface area contributed by atoms with Crippen LogP contribution < -0.4 is 5.32 Å². The summed E-state index contributed by atoms with van der Waals surface area (Å²) in [7, 11) is -3.83. The maximum atomic E-state index is 13.6. The fourth-order valence-corrected chi connectivity index (χ4v) is 5.83. The fraction of sp³-hybridized carbons (Fsp3) is 0.227. The van der Waals surface area contributed by atoms with E-state index in [2.05, 4.69) is 5.32 Å². The standard InChI is InChI=1S/C22H22FNO3S2/c1-14-6-7-17(11-15(14)2)22(25)24-13-21(20-5-4-10-28-20)29(26,27)18-8-9-19(23)16(3)12-18/h4-12,21H,13H2,1-3H3,(H,24,25). The molecule has 0 bridgehead atoms. The minimum atomic E-state index is -3.83. The van der Waals surface area contributed by atoms with Crippen molar-refractivity contribution >= 4 is 27.1 Å². The average Bonchev–Trinajstić information content (AvgIpc) is 3.20. The molecule has 3 aromatic rings. The first-order valence-corrected chi connectivity index (χ1v) is 11.5. The zero-order chi connectivity index (χ0) is 21.2. The number of carbonyl (C=O) groups excluding carboxylic acids is 1. The highest BCUT2D eigenvalue weighted by molar-refractivity contribution is 7.91. The molecule has 1 atom stereocenters. The molecule has 1 amide bonds. The van der Waals surface area contributed by atoms with Gasteiger partial charge in [0.1, 0.15) is 11.1 Å². The lowest BCUT2D eigenvalue weighted by atomic mass is 10.1. The van der Waals surface area contributed by atoms with Crippen molar-refractivity contribution in [3.05, 3.63) is 86.9 Å². The quantitative estimate of drug-likeness (QED) is 0.573. The van der Waals surface area contributed by atoms with Crippen molar-refractivity contribution in [2.24, 2.45) is 0 Å². The number of amides is 1. The molecule has 29 heavy (non-hydrogen) atoms. The Morgan fingerprint density at radius 2 is 1.79 bits per heavy atom. The summed E-state index contributed by atoms with van der Waals surface area (Å²) in [6, 6.07) is 12.6. The van der Waals surface area contributed by atoms with Gasteiger partial charge in [-0.05, 0) is 79.2 Å². The first kappa shape index (κ1) is 21.2. The molecular weight excluding hydrogens is 409 g/mol. The number of halogens is 1. The van der Waals surface area contributed by atoms with Crippen LogP contribution in [0.2, 0.25) is 0 Å². The molecule has 2 aromatic carbocycles. The molecule has 1 unspecified atom stereocenters. The van der Waals surface area contributed by atoms with E-state index >= 15 is 0 Å². The number of thiophene rings is 1. The molecule has 0 fully saturated rings. The zero-order valence-electron chi connectivity index (χ0n) is 16.4. The summed E-state index contributed by atoms with van der Waals surface area (Å²) in [6.45, 7) is 5.32. The monoisotopic (exact) mass is 431 g/mol. The Kier molecular flexibility index (Phi) is 6.19. The smallest absolute Gasteiger partial charge is 0.251 e. The van der Waals surface area contributed by atoms with Gasteiger partial charge in [-0.2, -0.15) is 0 Å². The number of carbonyl (C=O) groups is 1. The minimum absolute atomic E-state index is 0.0372. The van der Waals surface area contributed by atoms with Gasteiger partial charge in [-0.1, -0.05) is 12.1 Å². The molecule has 0 aliphatic carbocycles. The lowest BCUT2D eigenvalue weighted by Gasteiger charge is -2.18. The minimum Gasteiger partial charge on any atom is -0.350 e. The fourth-order valence-electron chi connectivity index (χ4n) is 2.97. The Balaban J connectivity index is 1.89. The Labute approximate surface area is 174 Å². The second kappa shape index (κ2) is 8.47. The van der Waals surface area contributed by atoms with Crippen molar-refractivity contribution < 1.29 is 17.6 Å². The number of benzene rings is 2. The third kappa shape index (κ3) is 4.57. The van der Waals surface area contributed by atoms with Crippen molar-refractivity contribution in [2.45, 2.75) is 30.9 Å². The highest BCUT2D eigenvalue weighted by Gasteiger charge is 2.31. The number of aryl methyl sites for hydroxylation is 3. The van der Waals surface area contributed by atoms with Crippen LogP contribution in [0.4, 0.5) is 4.39 Å². The van der Waals surface area contributed by atoms with Gasteiger partial charge in [0.25, 0.3) is 5.91 Å². The van der Waals surface area contributed by atoms with Crippen molar-refractivity contribution in [2.75, 3.05) is 6.54 Å². The number of sulfone groups is 1. The summed E-state index contributed by atoms with van der Waals surface area (Å²) in [4.78, 5) is 13.2. The maximum absolute atomic E-state index is 13.6. The molecule has 1 heterocycles. The zero-order valence-corrected chi connectivity index (χ0v) is 18.0. The number of hydrogen-bond donors (Lipinski definition) is 1. The van der Waals surface area contributed by atoms with E-state index in [1.807, 2.05) is 19.9 Å². The first-order valence-electron chi connectivity index (χ1n) is 9.09. The summed E-state index contributed by atoms with van der Waals surface area (Å²) >= 11 is 1.31. The number of rotatable bonds is 6. The molecule has 0 radical (unpaired) electrons. The molecule has 1 aromatic heterocycles. The van der Waals surface area contributed by atoms with Gasteiger partial charge in [-0.3, -0.25) is 4.79 Å². The van der Waals surface area contributed by atoms with Crippen molar-refractivity contribution in [3.63, 3.8) is 0 Å². The third-order valence-electron chi connectivity index (χ3n) is 4.91. The van der Waals surface area contributed by atoms with Crippen LogP contribution in [0.3, 0.4) is 0 Å². The second-order valence-electron chi connectivity index (χ2n) is 6.97. The van der Waals surface area contributed by atoms with E-state index in [9.17, 15) is 17.6 Å². The molecule has 7 heteroatoms. The highest BCUT2D eigenvalue weighted by atomic mass is 32.2. The van der Waals surface area contributed by atoms with Crippen molar-refractivity contribution in [1.29, 1.82) is 0 Å². The van der Waals surface area contributed by atoms with E-state index in [-0.39, 0.29) is 22.9 Å². The van der Waals surface area contributed by atoms with E-state index in [1.54, 1.807) is 29.6 Å². The molecule has 1 N–H and O–H groups in total. The van der Waals surface area contributed by atoms with Crippen molar-refractivity contribution in [1.82, 2.24) is 5.32 Å². The lowest BCUT2D eigenvalue weighted by Crippen LogP contribution is -2.31. The Morgan fingerprint density at radius 3 is 2.41 bits per heavy atom. The Morgan fingerprint density at radius 1 is 1.03 bits per heavy atom. The normalized spacial score (nSPS) is 12.6. The van der Waals surface area contributed by atoms with Crippen molar-refractivity contribution in [3.8, 4) is 0 Å². The number of hydrogen-bond acceptors (Lipinski definition) is 4. The first-order chi connectivity index (χ1) is 13.7. The van der Waals surface area contributed by atoms with Crippen LogP contribution in [0, 0.1) is 26.6 Å². The van der Waals surface area contributed by atoms with E-state index in [4.69, 9.17) is 0 Å². The molecule has 152 valence electrons. The van der Waals surface area contributed by atoms with Crippen LogP contribution in [0.5, 0.6) is 0 Å². The molecule has 4 nitrogen and oxygen atoms in total. The third-order valence-corrected chi connectivity index (χ3v) is 8.13. The maximum Gasteiger partial charge on any atom is 0.251 e. The van der Waals surface area contributed by atoms with E-state index < -0.39 is 20.9 Å². The van der Waals surface area contributed by atoms with Crippen LogP contribution in [0.25, 0.3) is 0 Å². The number of nitrogens with one attached hydrogen (secondary N) is 1. The van der Waals surface area contributed by atoms with Gasteiger partial charge in [0.05, 0.1) is 4.90 Å². The molecule has 0 spiro atoms. The Hall–Kier alpha value is -2.51. The summed E-state index contributed by atoms with van der Waals surface area (Å²) in [5, 5.41) is 3.59. The van der Waals surface area contributed by atoms with Gasteiger partial charge in [-0.25, -0.2) is 12.8 Å². The topological polar surface area (TPSA) is 63.2 Å². The van der Waals surface area contributed by atoms with Crippen LogP contribution in [-0.4, -0.2) is 20.9 Å². The molecule has 0 saturated heterocycles. The van der Waals surface area contributed by atoms with E-state index in [0.29, 0.717) is 10.4 Å². The van der Waals surface area contributed by atoms with Crippen LogP contribution in [0.1, 0.15) is 37.2 Å². The summed E-state index contributed by atoms with van der Waals surface area (Å²) < 4.78 is 40.2. The molecule has 0 aliphatic heterocycles. The van der Waals surface area contributed by atoms with Crippen LogP contribution in [0.15, 0.2) is 58.8 Å². The molecular formula is C22H22FNO3S2. The van der Waals surface area contributed by atoms with E-state index in [0.717, 1.165) is 17.2 Å². The average molecular weight is 432 g/mol. The lowest BCUT2D eigenvalue weighted by molar-refractivity contribution is 0.0953. The van der Waals surface area contributed by atoms with Gasteiger partial charge in [0.15, 0.2) is 9.84 Å². The molecule has 0 aliphatic rings. The molecule has 0 saturated carbocycles. The summed E-state index contributed by atoms with van der Waals surface area (Å²) in [5.41, 5.74) is 2.80. The predicted molar refractivity (Wildman–Crippen MR) is 114 cm³/mol. The van der Waals surface area contributed by atoms with Crippen LogP contribution >= 0.6 is 11.3 Å². The van der Waals surface area contributed by atoms with Crippen LogP contribution in [-0.2, 0) is 9.84 Å². The Bertz CT molecular complexity index is 1140. The highest BCUT2D eigenvalue weighted by Crippen LogP contribution is 2.32. The molecule has 3 rings (SSSR count). The van der Waals surface area contributed by atoms with Gasteiger partial charge >= 0.3 is 0 Å². The second-order valence-corrected chi connectivity index (χ2v) is 10.1. The van der Waals surface area contributed by atoms with E-state index in [1.165, 1.54) is 30.4 Å². The van der Waals surface area contributed by atoms with Gasteiger partial charge in [-0.15, -0.1) is 11.3 Å².